The number of esters is 1. The zero-order valence-electron chi connectivity index (χ0n) is 9.22. The average molecular weight is 217 g/mol. The zero-order valence-corrected chi connectivity index (χ0v) is 9.22. The van der Waals surface area contributed by atoms with Crippen LogP contribution in [-0.2, 0) is 9.53 Å². The monoisotopic (exact) mass is 217 g/mol. The molecule has 0 saturated heterocycles. The van der Waals surface area contributed by atoms with Gasteiger partial charge in [-0.15, -0.1) is 0 Å². The lowest BCUT2D eigenvalue weighted by Gasteiger charge is -1.98. The molecule has 0 spiro atoms. The molecule has 0 aromatic heterocycles. The Bertz CT molecular complexity index is 394. The standard InChI is InChI=1S/C13H15NO2/c1-2-16-13(15)10-6-9-12(14)11-7-4-3-5-8-11/h3-10H,2,14H2,1H3/b10-6+,12-9-. The van der Waals surface area contributed by atoms with E-state index in [1.165, 1.54) is 6.08 Å². The van der Waals surface area contributed by atoms with Crippen LogP contribution in [0.3, 0.4) is 0 Å². The summed E-state index contributed by atoms with van der Waals surface area (Å²) < 4.78 is 4.73. The van der Waals surface area contributed by atoms with E-state index in [9.17, 15) is 4.79 Å². The molecule has 3 nitrogen and oxygen atoms in total. The molecule has 0 aliphatic heterocycles. The number of rotatable bonds is 4. The van der Waals surface area contributed by atoms with Gasteiger partial charge in [-0.3, -0.25) is 0 Å². The van der Waals surface area contributed by atoms with Gasteiger partial charge in [-0.1, -0.05) is 36.4 Å². The van der Waals surface area contributed by atoms with E-state index >= 15 is 0 Å². The first kappa shape index (κ1) is 12.0. The summed E-state index contributed by atoms with van der Waals surface area (Å²) in [5.74, 6) is -0.361. The van der Waals surface area contributed by atoms with E-state index < -0.39 is 0 Å². The molecule has 0 bridgehead atoms. The molecule has 1 aromatic rings. The highest BCUT2D eigenvalue weighted by Gasteiger charge is 1.93. The van der Waals surface area contributed by atoms with Crippen LogP contribution in [0, 0.1) is 0 Å². The van der Waals surface area contributed by atoms with E-state index in [0.29, 0.717) is 12.3 Å². The molecular weight excluding hydrogens is 202 g/mol. The third-order valence-electron chi connectivity index (χ3n) is 1.90. The van der Waals surface area contributed by atoms with Crippen LogP contribution < -0.4 is 5.73 Å². The van der Waals surface area contributed by atoms with Crippen LogP contribution in [-0.4, -0.2) is 12.6 Å². The molecule has 1 aromatic carbocycles. The number of allylic oxidation sites excluding steroid dienone is 2. The van der Waals surface area contributed by atoms with Crippen LogP contribution in [0.15, 0.2) is 48.6 Å². The van der Waals surface area contributed by atoms with Crippen molar-refractivity contribution in [2.24, 2.45) is 5.73 Å². The van der Waals surface area contributed by atoms with Crippen molar-refractivity contribution in [3.8, 4) is 0 Å². The SMILES string of the molecule is CCOC(=O)/C=C/C=C(\N)c1ccccc1. The molecule has 0 aliphatic carbocycles. The van der Waals surface area contributed by atoms with Crippen LogP contribution >= 0.6 is 0 Å². The Labute approximate surface area is 95.2 Å². The van der Waals surface area contributed by atoms with Gasteiger partial charge in [0.05, 0.1) is 6.61 Å². The molecule has 0 fully saturated rings. The molecule has 2 N–H and O–H groups in total. The summed E-state index contributed by atoms with van der Waals surface area (Å²) in [4.78, 5) is 11.0. The fourth-order valence-electron chi connectivity index (χ4n) is 1.15. The zero-order chi connectivity index (χ0) is 11.8. The van der Waals surface area contributed by atoms with Gasteiger partial charge in [0.25, 0.3) is 0 Å². The lowest BCUT2D eigenvalue weighted by Crippen LogP contribution is -1.99. The Morgan fingerprint density at radius 1 is 1.38 bits per heavy atom. The summed E-state index contributed by atoms with van der Waals surface area (Å²) in [5.41, 5.74) is 7.35. The summed E-state index contributed by atoms with van der Waals surface area (Å²) in [7, 11) is 0. The molecule has 0 radical (unpaired) electrons. The molecule has 3 heteroatoms. The van der Waals surface area contributed by atoms with E-state index in [-0.39, 0.29) is 5.97 Å². The van der Waals surface area contributed by atoms with Gasteiger partial charge in [-0.2, -0.15) is 0 Å². The molecule has 1 rings (SSSR count). The van der Waals surface area contributed by atoms with Gasteiger partial charge in [-0.25, -0.2) is 4.79 Å². The summed E-state index contributed by atoms with van der Waals surface area (Å²) in [5, 5.41) is 0. The quantitative estimate of drug-likeness (QED) is 0.477. The van der Waals surface area contributed by atoms with Crippen LogP contribution in [0.25, 0.3) is 5.70 Å². The summed E-state index contributed by atoms with van der Waals surface area (Å²) in [6, 6.07) is 9.55. The summed E-state index contributed by atoms with van der Waals surface area (Å²) >= 11 is 0. The molecule has 0 atom stereocenters. The molecule has 0 unspecified atom stereocenters. The predicted octanol–water partition coefficient (Wildman–Crippen LogP) is 2.11. The van der Waals surface area contributed by atoms with E-state index in [2.05, 4.69) is 0 Å². The smallest absolute Gasteiger partial charge is 0.330 e. The third-order valence-corrected chi connectivity index (χ3v) is 1.90. The highest BCUT2D eigenvalue weighted by molar-refractivity contribution is 5.82. The van der Waals surface area contributed by atoms with Gasteiger partial charge in [0.15, 0.2) is 0 Å². The second kappa shape index (κ2) is 6.45. The van der Waals surface area contributed by atoms with Crippen LogP contribution in [0.2, 0.25) is 0 Å². The fraction of sp³-hybridized carbons (Fsp3) is 0.154. The van der Waals surface area contributed by atoms with Crippen molar-refractivity contribution < 1.29 is 9.53 Å². The maximum absolute atomic E-state index is 11.0. The normalized spacial score (nSPS) is 11.7. The van der Waals surface area contributed by atoms with Gasteiger partial charge in [0.2, 0.25) is 0 Å². The van der Waals surface area contributed by atoms with Crippen molar-refractivity contribution in [3.05, 3.63) is 54.1 Å². The molecule has 0 amide bonds. The van der Waals surface area contributed by atoms with Crippen LogP contribution in [0.4, 0.5) is 0 Å². The number of benzene rings is 1. The summed E-state index contributed by atoms with van der Waals surface area (Å²) in [6.07, 6.45) is 4.60. The average Bonchev–Trinajstić information content (AvgIpc) is 2.30. The third kappa shape index (κ3) is 4.00. The van der Waals surface area contributed by atoms with Gasteiger partial charge in [-0.05, 0) is 18.6 Å². The van der Waals surface area contributed by atoms with Crippen molar-refractivity contribution in [2.75, 3.05) is 6.61 Å². The fourth-order valence-corrected chi connectivity index (χ4v) is 1.15. The van der Waals surface area contributed by atoms with Gasteiger partial charge in [0, 0.05) is 11.8 Å². The van der Waals surface area contributed by atoms with Crippen molar-refractivity contribution in [1.29, 1.82) is 0 Å². The number of carbonyl (C=O) groups excluding carboxylic acids is 1. The van der Waals surface area contributed by atoms with Crippen molar-refractivity contribution in [1.82, 2.24) is 0 Å². The first-order valence-electron chi connectivity index (χ1n) is 5.10. The maximum atomic E-state index is 11.0. The Hall–Kier alpha value is -2.03. The molecule has 84 valence electrons. The Kier molecular flexibility index (Phi) is 4.86. The summed E-state index contributed by atoms with van der Waals surface area (Å²) in [6.45, 7) is 2.14. The lowest BCUT2D eigenvalue weighted by molar-refractivity contribution is -0.137. The minimum Gasteiger partial charge on any atom is -0.463 e. The maximum Gasteiger partial charge on any atom is 0.330 e. The van der Waals surface area contributed by atoms with Crippen molar-refractivity contribution in [3.63, 3.8) is 0 Å². The van der Waals surface area contributed by atoms with Crippen LogP contribution in [0.5, 0.6) is 0 Å². The molecule has 0 aliphatic rings. The van der Waals surface area contributed by atoms with E-state index in [1.807, 2.05) is 30.3 Å². The molecule has 0 saturated carbocycles. The molecule has 16 heavy (non-hydrogen) atoms. The highest BCUT2D eigenvalue weighted by atomic mass is 16.5. The first-order valence-corrected chi connectivity index (χ1v) is 5.10. The number of hydrogen-bond donors (Lipinski definition) is 1. The first-order chi connectivity index (χ1) is 7.74. The highest BCUT2D eigenvalue weighted by Crippen LogP contribution is 2.07. The van der Waals surface area contributed by atoms with E-state index in [4.69, 9.17) is 10.5 Å². The molecule has 0 heterocycles. The van der Waals surface area contributed by atoms with E-state index in [1.54, 1.807) is 19.1 Å². The molecular formula is C13H15NO2. The second-order valence-corrected chi connectivity index (χ2v) is 3.10. The number of hydrogen-bond acceptors (Lipinski definition) is 3. The van der Waals surface area contributed by atoms with Gasteiger partial charge in [0.1, 0.15) is 0 Å². The Balaban J connectivity index is 2.61. The topological polar surface area (TPSA) is 52.3 Å². The Morgan fingerprint density at radius 2 is 2.06 bits per heavy atom. The number of carbonyl (C=O) groups is 1. The minimum absolute atomic E-state index is 0.361. The Morgan fingerprint density at radius 3 is 2.69 bits per heavy atom. The van der Waals surface area contributed by atoms with E-state index in [0.717, 1.165) is 5.56 Å². The largest absolute Gasteiger partial charge is 0.463 e. The van der Waals surface area contributed by atoms with Crippen LogP contribution in [0.1, 0.15) is 12.5 Å². The number of nitrogens with two attached hydrogens (primary N) is 1. The van der Waals surface area contributed by atoms with Crippen molar-refractivity contribution >= 4 is 11.7 Å². The predicted molar refractivity (Wildman–Crippen MR) is 64.4 cm³/mol. The second-order valence-electron chi connectivity index (χ2n) is 3.10. The number of ether oxygens (including phenoxy) is 1. The minimum atomic E-state index is -0.361. The van der Waals surface area contributed by atoms with Crippen molar-refractivity contribution in [2.45, 2.75) is 6.92 Å². The van der Waals surface area contributed by atoms with Gasteiger partial charge < -0.3 is 10.5 Å². The lowest BCUT2D eigenvalue weighted by atomic mass is 10.1. The van der Waals surface area contributed by atoms with Gasteiger partial charge >= 0.3 is 5.97 Å².